The van der Waals surface area contributed by atoms with Crippen molar-refractivity contribution in [1.29, 1.82) is 0 Å². The molecule has 1 amide bonds. The molecule has 0 aromatic heterocycles. The number of carbonyl (C=O) groups excluding carboxylic acids is 1. The first-order valence-electron chi connectivity index (χ1n) is 7.27. The first kappa shape index (κ1) is 14.9. The van der Waals surface area contributed by atoms with E-state index >= 15 is 0 Å². The van der Waals surface area contributed by atoms with Crippen LogP contribution < -0.4 is 10.1 Å². The van der Waals surface area contributed by atoms with Crippen molar-refractivity contribution < 1.29 is 9.53 Å². The van der Waals surface area contributed by atoms with E-state index in [2.05, 4.69) is 18.3 Å². The summed E-state index contributed by atoms with van der Waals surface area (Å²) in [7, 11) is 0. The molecular weight excluding hydrogens is 252 g/mol. The molecule has 110 valence electrons. The Morgan fingerprint density at radius 3 is 2.85 bits per heavy atom. The van der Waals surface area contributed by atoms with Crippen LogP contribution in [-0.2, 0) is 4.79 Å². The molecule has 1 aliphatic heterocycles. The van der Waals surface area contributed by atoms with Crippen molar-refractivity contribution in [2.24, 2.45) is 0 Å². The number of rotatable bonds is 3. The second kappa shape index (κ2) is 6.75. The predicted molar refractivity (Wildman–Crippen MR) is 80.2 cm³/mol. The molecule has 0 radical (unpaired) electrons. The van der Waals surface area contributed by atoms with E-state index in [4.69, 9.17) is 4.74 Å². The minimum absolute atomic E-state index is 0.0762. The first-order valence-corrected chi connectivity index (χ1v) is 7.27. The van der Waals surface area contributed by atoms with Crippen LogP contribution >= 0.6 is 0 Å². The minimum Gasteiger partial charge on any atom is -0.483 e. The first-order chi connectivity index (χ1) is 9.58. The number of amides is 1. The Kier molecular flexibility index (Phi) is 5.01. The lowest BCUT2D eigenvalue weighted by Crippen LogP contribution is -2.37. The van der Waals surface area contributed by atoms with Crippen LogP contribution in [0.25, 0.3) is 0 Å². The minimum atomic E-state index is 0.0762. The van der Waals surface area contributed by atoms with E-state index in [9.17, 15) is 4.79 Å². The summed E-state index contributed by atoms with van der Waals surface area (Å²) in [5, 5.41) is 3.30. The van der Waals surface area contributed by atoms with Gasteiger partial charge >= 0.3 is 0 Å². The van der Waals surface area contributed by atoms with Crippen molar-refractivity contribution in [2.75, 3.05) is 32.8 Å². The number of carbonyl (C=O) groups is 1. The molecule has 4 nitrogen and oxygen atoms in total. The molecule has 0 bridgehead atoms. The highest BCUT2D eigenvalue weighted by molar-refractivity contribution is 5.77. The van der Waals surface area contributed by atoms with Gasteiger partial charge < -0.3 is 15.0 Å². The maximum Gasteiger partial charge on any atom is 0.260 e. The maximum absolute atomic E-state index is 12.2. The lowest BCUT2D eigenvalue weighted by molar-refractivity contribution is -0.133. The molecule has 1 fully saturated rings. The molecule has 0 spiro atoms. The van der Waals surface area contributed by atoms with E-state index in [1.807, 2.05) is 24.8 Å². The predicted octanol–water partition coefficient (Wildman–Crippen LogP) is 1.81. The Morgan fingerprint density at radius 1 is 1.25 bits per heavy atom. The summed E-state index contributed by atoms with van der Waals surface area (Å²) in [6.45, 7) is 9.72. The molecular formula is C16H24N2O2. The van der Waals surface area contributed by atoms with Crippen LogP contribution in [0.5, 0.6) is 5.75 Å². The molecule has 0 saturated carbocycles. The second-order valence-corrected chi connectivity index (χ2v) is 5.48. The number of hydrogen-bond donors (Lipinski definition) is 1. The molecule has 1 N–H and O–H groups in total. The van der Waals surface area contributed by atoms with Gasteiger partial charge in [-0.05, 0) is 56.5 Å². The number of aryl methyl sites for hydroxylation is 2. The molecule has 1 heterocycles. The SMILES string of the molecule is Cc1cc(C)c(C)c(OCC(=O)N2CCCNCC2)c1. The molecule has 1 aliphatic rings. The third-order valence-corrected chi connectivity index (χ3v) is 3.81. The Labute approximate surface area is 121 Å². The van der Waals surface area contributed by atoms with Crippen LogP contribution in [0.1, 0.15) is 23.1 Å². The molecule has 0 atom stereocenters. The van der Waals surface area contributed by atoms with Crippen LogP contribution in [0, 0.1) is 20.8 Å². The van der Waals surface area contributed by atoms with E-state index < -0.39 is 0 Å². The Balaban J connectivity index is 1.96. The number of ether oxygens (including phenoxy) is 1. The average Bonchev–Trinajstić information content (AvgIpc) is 2.69. The highest BCUT2D eigenvalue weighted by Gasteiger charge is 2.16. The van der Waals surface area contributed by atoms with E-state index in [1.54, 1.807) is 0 Å². The Bertz CT molecular complexity index is 478. The summed E-state index contributed by atoms with van der Waals surface area (Å²) in [5.41, 5.74) is 3.47. The van der Waals surface area contributed by atoms with Crippen molar-refractivity contribution in [3.63, 3.8) is 0 Å². The third-order valence-electron chi connectivity index (χ3n) is 3.81. The van der Waals surface area contributed by atoms with E-state index in [-0.39, 0.29) is 12.5 Å². The lowest BCUT2D eigenvalue weighted by atomic mass is 10.1. The van der Waals surface area contributed by atoms with Gasteiger partial charge in [0.25, 0.3) is 5.91 Å². The molecule has 0 aliphatic carbocycles. The summed E-state index contributed by atoms with van der Waals surface area (Å²) >= 11 is 0. The molecule has 1 aromatic rings. The fourth-order valence-corrected chi connectivity index (χ4v) is 2.48. The van der Waals surface area contributed by atoms with Crippen molar-refractivity contribution in [1.82, 2.24) is 10.2 Å². The topological polar surface area (TPSA) is 41.6 Å². The van der Waals surface area contributed by atoms with Gasteiger partial charge in [-0.25, -0.2) is 0 Å². The van der Waals surface area contributed by atoms with Crippen LogP contribution in [0.2, 0.25) is 0 Å². The van der Waals surface area contributed by atoms with E-state index in [0.717, 1.165) is 49.5 Å². The number of hydrogen-bond acceptors (Lipinski definition) is 3. The summed E-state index contributed by atoms with van der Waals surface area (Å²) in [4.78, 5) is 14.1. The van der Waals surface area contributed by atoms with Crippen LogP contribution in [-0.4, -0.2) is 43.6 Å². The maximum atomic E-state index is 12.2. The standard InChI is InChI=1S/C16H24N2O2/c1-12-9-13(2)14(3)15(10-12)20-11-16(19)18-7-4-5-17-6-8-18/h9-10,17H,4-8,11H2,1-3H3. The van der Waals surface area contributed by atoms with Crippen LogP contribution in [0.4, 0.5) is 0 Å². The summed E-state index contributed by atoms with van der Waals surface area (Å²) in [6, 6.07) is 4.13. The number of nitrogens with zero attached hydrogens (tertiary/aromatic N) is 1. The summed E-state index contributed by atoms with van der Waals surface area (Å²) in [6.07, 6.45) is 1.01. The van der Waals surface area contributed by atoms with Gasteiger partial charge in [-0.15, -0.1) is 0 Å². The zero-order valence-corrected chi connectivity index (χ0v) is 12.7. The third kappa shape index (κ3) is 3.73. The molecule has 0 unspecified atom stereocenters. The average molecular weight is 276 g/mol. The molecule has 4 heteroatoms. The van der Waals surface area contributed by atoms with Crippen LogP contribution in [0.3, 0.4) is 0 Å². The monoisotopic (exact) mass is 276 g/mol. The lowest BCUT2D eigenvalue weighted by Gasteiger charge is -2.20. The van der Waals surface area contributed by atoms with Gasteiger partial charge in [0.15, 0.2) is 6.61 Å². The van der Waals surface area contributed by atoms with Gasteiger partial charge in [-0.1, -0.05) is 6.07 Å². The summed E-state index contributed by atoms with van der Waals surface area (Å²) < 4.78 is 5.74. The van der Waals surface area contributed by atoms with Gasteiger partial charge in [-0.3, -0.25) is 4.79 Å². The smallest absolute Gasteiger partial charge is 0.260 e. The zero-order valence-electron chi connectivity index (χ0n) is 12.7. The number of benzene rings is 1. The molecule has 1 saturated heterocycles. The van der Waals surface area contributed by atoms with Crippen molar-refractivity contribution in [2.45, 2.75) is 27.2 Å². The fourth-order valence-electron chi connectivity index (χ4n) is 2.48. The molecule has 20 heavy (non-hydrogen) atoms. The molecule has 2 rings (SSSR count). The van der Waals surface area contributed by atoms with Crippen molar-refractivity contribution in [3.05, 3.63) is 28.8 Å². The normalized spacial score (nSPS) is 15.8. The fraction of sp³-hybridized carbons (Fsp3) is 0.562. The second-order valence-electron chi connectivity index (χ2n) is 5.48. The Morgan fingerprint density at radius 2 is 2.05 bits per heavy atom. The van der Waals surface area contributed by atoms with Crippen LogP contribution in [0.15, 0.2) is 12.1 Å². The largest absolute Gasteiger partial charge is 0.483 e. The van der Waals surface area contributed by atoms with E-state index in [1.165, 1.54) is 5.56 Å². The molecule has 1 aromatic carbocycles. The van der Waals surface area contributed by atoms with Gasteiger partial charge in [0, 0.05) is 19.6 Å². The highest BCUT2D eigenvalue weighted by atomic mass is 16.5. The zero-order chi connectivity index (χ0) is 14.5. The van der Waals surface area contributed by atoms with Crippen molar-refractivity contribution >= 4 is 5.91 Å². The quantitative estimate of drug-likeness (QED) is 0.915. The van der Waals surface area contributed by atoms with Gasteiger partial charge in [0.05, 0.1) is 0 Å². The highest BCUT2D eigenvalue weighted by Crippen LogP contribution is 2.23. The van der Waals surface area contributed by atoms with E-state index in [0.29, 0.717) is 0 Å². The van der Waals surface area contributed by atoms with Gasteiger partial charge in [-0.2, -0.15) is 0 Å². The van der Waals surface area contributed by atoms with Crippen molar-refractivity contribution in [3.8, 4) is 5.75 Å². The van der Waals surface area contributed by atoms with Gasteiger partial charge in [0.2, 0.25) is 0 Å². The van der Waals surface area contributed by atoms with Gasteiger partial charge in [0.1, 0.15) is 5.75 Å². The number of nitrogens with one attached hydrogen (secondary N) is 1. The Hall–Kier alpha value is -1.55. The summed E-state index contributed by atoms with van der Waals surface area (Å²) in [5.74, 6) is 0.899.